The lowest BCUT2D eigenvalue weighted by atomic mass is 10.1. The molecular weight excluding hydrogens is 306 g/mol. The third kappa shape index (κ3) is 2.43. The van der Waals surface area contributed by atoms with Gasteiger partial charge in [-0.1, -0.05) is 0 Å². The Labute approximate surface area is 139 Å². The van der Waals surface area contributed by atoms with Crippen molar-refractivity contribution in [3.63, 3.8) is 0 Å². The lowest BCUT2D eigenvalue weighted by Gasteiger charge is -2.27. The van der Waals surface area contributed by atoms with E-state index in [-0.39, 0.29) is 0 Å². The number of aryl methyl sites for hydroxylation is 2. The van der Waals surface area contributed by atoms with Gasteiger partial charge in [0.15, 0.2) is 0 Å². The molecule has 0 aliphatic carbocycles. The first-order chi connectivity index (χ1) is 11.1. The van der Waals surface area contributed by atoms with Gasteiger partial charge >= 0.3 is 0 Å². The number of rotatable bonds is 2. The third-order valence-corrected chi connectivity index (χ3v) is 5.52. The molecule has 0 radical (unpaired) electrons. The molecule has 1 aliphatic heterocycles. The normalized spacial score (nSPS) is 14.1. The molecule has 6 heteroatoms. The zero-order valence-corrected chi connectivity index (χ0v) is 14.4. The summed E-state index contributed by atoms with van der Waals surface area (Å²) in [4.78, 5) is 13.1. The molecule has 0 aromatic carbocycles. The van der Waals surface area contributed by atoms with Crippen molar-refractivity contribution in [1.29, 1.82) is 0 Å². The highest BCUT2D eigenvalue weighted by atomic mass is 32.1. The fraction of sp³-hybridized carbons (Fsp3) is 0.353. The van der Waals surface area contributed by atoms with Crippen LogP contribution in [0.4, 0.5) is 5.95 Å². The van der Waals surface area contributed by atoms with Crippen LogP contribution in [0.2, 0.25) is 0 Å². The number of fused-ring (bicyclic) bond motifs is 1. The van der Waals surface area contributed by atoms with Gasteiger partial charge in [-0.05, 0) is 43.3 Å². The molecule has 23 heavy (non-hydrogen) atoms. The van der Waals surface area contributed by atoms with Gasteiger partial charge in [0, 0.05) is 42.5 Å². The van der Waals surface area contributed by atoms with Crippen LogP contribution in [0, 0.1) is 13.8 Å². The molecule has 0 saturated heterocycles. The van der Waals surface area contributed by atoms with E-state index < -0.39 is 0 Å². The number of aromatic nitrogens is 4. The van der Waals surface area contributed by atoms with Crippen molar-refractivity contribution < 1.29 is 0 Å². The fourth-order valence-electron chi connectivity index (χ4n) is 3.20. The summed E-state index contributed by atoms with van der Waals surface area (Å²) < 4.78 is 1.91. The standard InChI is InChI=1S/C17H19N5S/c1-11-16(12(2)21(3)20-11)14-4-7-18-17(19-14)22-8-5-15-13(10-22)6-9-23-15/h4,6-7,9H,5,8,10H2,1-3H3. The van der Waals surface area contributed by atoms with Crippen LogP contribution in [-0.4, -0.2) is 26.3 Å². The smallest absolute Gasteiger partial charge is 0.226 e. The second kappa shape index (κ2) is 5.45. The second-order valence-electron chi connectivity index (χ2n) is 5.95. The Morgan fingerprint density at radius 1 is 1.22 bits per heavy atom. The molecule has 4 rings (SSSR count). The Morgan fingerprint density at radius 3 is 2.87 bits per heavy atom. The van der Waals surface area contributed by atoms with Crippen molar-refractivity contribution in [2.45, 2.75) is 26.8 Å². The van der Waals surface area contributed by atoms with E-state index in [0.29, 0.717) is 0 Å². The lowest BCUT2D eigenvalue weighted by Crippen LogP contribution is -2.30. The molecule has 5 nitrogen and oxygen atoms in total. The van der Waals surface area contributed by atoms with Gasteiger partial charge in [-0.2, -0.15) is 5.10 Å². The Bertz CT molecular complexity index is 864. The minimum Gasteiger partial charge on any atom is -0.336 e. The quantitative estimate of drug-likeness (QED) is 0.726. The molecule has 0 fully saturated rings. The number of hydrogen-bond acceptors (Lipinski definition) is 5. The SMILES string of the molecule is Cc1nn(C)c(C)c1-c1ccnc(N2CCc3sccc3C2)n1. The maximum absolute atomic E-state index is 4.82. The highest BCUT2D eigenvalue weighted by molar-refractivity contribution is 7.10. The topological polar surface area (TPSA) is 46.8 Å². The molecule has 0 atom stereocenters. The van der Waals surface area contributed by atoms with Crippen molar-refractivity contribution in [3.05, 3.63) is 45.5 Å². The number of nitrogens with zero attached hydrogens (tertiary/aromatic N) is 5. The molecule has 4 heterocycles. The number of thiophene rings is 1. The summed E-state index contributed by atoms with van der Waals surface area (Å²) in [5, 5.41) is 6.67. The minimum absolute atomic E-state index is 0.807. The summed E-state index contributed by atoms with van der Waals surface area (Å²) in [7, 11) is 1.97. The molecule has 118 valence electrons. The van der Waals surface area contributed by atoms with E-state index in [2.05, 4.69) is 33.4 Å². The van der Waals surface area contributed by atoms with E-state index >= 15 is 0 Å². The Kier molecular flexibility index (Phi) is 3.41. The van der Waals surface area contributed by atoms with Gasteiger partial charge in [-0.15, -0.1) is 11.3 Å². The zero-order chi connectivity index (χ0) is 16.0. The molecule has 3 aromatic rings. The molecule has 0 saturated carbocycles. The molecule has 0 N–H and O–H groups in total. The molecule has 0 spiro atoms. The van der Waals surface area contributed by atoms with Crippen molar-refractivity contribution in [3.8, 4) is 11.3 Å². The Balaban J connectivity index is 1.70. The number of hydrogen-bond donors (Lipinski definition) is 0. The fourth-order valence-corrected chi connectivity index (χ4v) is 4.09. The van der Waals surface area contributed by atoms with Crippen molar-refractivity contribution in [1.82, 2.24) is 19.7 Å². The maximum Gasteiger partial charge on any atom is 0.226 e. The summed E-state index contributed by atoms with van der Waals surface area (Å²) in [6.45, 7) is 5.98. The monoisotopic (exact) mass is 325 g/mol. The van der Waals surface area contributed by atoms with E-state index in [1.165, 1.54) is 10.4 Å². The van der Waals surface area contributed by atoms with Gasteiger partial charge in [0.2, 0.25) is 5.95 Å². The van der Waals surface area contributed by atoms with Crippen LogP contribution in [0.25, 0.3) is 11.3 Å². The Morgan fingerprint density at radius 2 is 2.09 bits per heavy atom. The van der Waals surface area contributed by atoms with Gasteiger partial charge in [-0.3, -0.25) is 4.68 Å². The summed E-state index contributed by atoms with van der Waals surface area (Å²) in [6, 6.07) is 4.19. The molecule has 0 bridgehead atoms. The van der Waals surface area contributed by atoms with Crippen LogP contribution in [0.1, 0.15) is 21.8 Å². The first kappa shape index (κ1) is 14.4. The van der Waals surface area contributed by atoms with Gasteiger partial charge in [0.25, 0.3) is 0 Å². The second-order valence-corrected chi connectivity index (χ2v) is 6.95. The van der Waals surface area contributed by atoms with Gasteiger partial charge in [-0.25, -0.2) is 9.97 Å². The maximum atomic E-state index is 4.82. The summed E-state index contributed by atoms with van der Waals surface area (Å²) in [6.07, 6.45) is 2.93. The van der Waals surface area contributed by atoms with Crippen molar-refractivity contribution >= 4 is 17.3 Å². The van der Waals surface area contributed by atoms with Crippen LogP contribution in [0.3, 0.4) is 0 Å². The molecule has 3 aromatic heterocycles. The molecule has 1 aliphatic rings. The highest BCUT2D eigenvalue weighted by Gasteiger charge is 2.20. The molecule has 0 unspecified atom stereocenters. The summed E-state index contributed by atoms with van der Waals surface area (Å²) in [5.74, 6) is 0.807. The van der Waals surface area contributed by atoms with E-state index in [4.69, 9.17) is 4.98 Å². The van der Waals surface area contributed by atoms with Gasteiger partial charge in [0.1, 0.15) is 0 Å². The third-order valence-electron chi connectivity index (χ3n) is 4.50. The average Bonchev–Trinajstić information content (AvgIpc) is 3.11. The predicted octanol–water partition coefficient (Wildman–Crippen LogP) is 3.12. The van der Waals surface area contributed by atoms with Crippen LogP contribution >= 0.6 is 11.3 Å². The van der Waals surface area contributed by atoms with Crippen molar-refractivity contribution in [2.24, 2.45) is 7.05 Å². The van der Waals surface area contributed by atoms with Crippen molar-refractivity contribution in [2.75, 3.05) is 11.4 Å². The lowest BCUT2D eigenvalue weighted by molar-refractivity contribution is 0.718. The van der Waals surface area contributed by atoms with Crippen LogP contribution in [-0.2, 0) is 20.0 Å². The largest absolute Gasteiger partial charge is 0.336 e. The zero-order valence-electron chi connectivity index (χ0n) is 13.6. The number of anilines is 1. The van der Waals surface area contributed by atoms with Gasteiger partial charge in [0.05, 0.1) is 11.4 Å². The predicted molar refractivity (Wildman–Crippen MR) is 92.8 cm³/mol. The van der Waals surface area contributed by atoms with Crippen LogP contribution in [0.15, 0.2) is 23.7 Å². The highest BCUT2D eigenvalue weighted by Crippen LogP contribution is 2.29. The molecule has 0 amide bonds. The first-order valence-corrected chi connectivity index (χ1v) is 8.65. The van der Waals surface area contributed by atoms with E-state index in [1.807, 2.05) is 42.3 Å². The first-order valence-electron chi connectivity index (χ1n) is 7.77. The van der Waals surface area contributed by atoms with Crippen LogP contribution < -0.4 is 4.90 Å². The molecular formula is C17H19N5S. The van der Waals surface area contributed by atoms with E-state index in [9.17, 15) is 0 Å². The van der Waals surface area contributed by atoms with Crippen LogP contribution in [0.5, 0.6) is 0 Å². The average molecular weight is 325 g/mol. The Hall–Kier alpha value is -2.21. The van der Waals surface area contributed by atoms with E-state index in [1.54, 1.807) is 0 Å². The summed E-state index contributed by atoms with van der Waals surface area (Å²) >= 11 is 1.85. The van der Waals surface area contributed by atoms with E-state index in [0.717, 1.165) is 48.1 Å². The minimum atomic E-state index is 0.807. The summed E-state index contributed by atoms with van der Waals surface area (Å²) in [5.41, 5.74) is 5.61. The van der Waals surface area contributed by atoms with Gasteiger partial charge < -0.3 is 4.90 Å².